The van der Waals surface area contributed by atoms with Crippen LogP contribution in [0.25, 0.3) is 0 Å². The first kappa shape index (κ1) is 18.1. The topological polar surface area (TPSA) is 32.8 Å². The lowest BCUT2D eigenvalue weighted by atomic mass is 10.0. The highest BCUT2D eigenvalue weighted by Gasteiger charge is 2.20. The van der Waals surface area contributed by atoms with Crippen molar-refractivity contribution in [3.05, 3.63) is 23.8 Å². The van der Waals surface area contributed by atoms with Crippen LogP contribution in [0, 0.1) is 0 Å². The lowest BCUT2D eigenvalue weighted by Gasteiger charge is -2.28. The maximum Gasteiger partial charge on any atom is 0.282 e. The van der Waals surface area contributed by atoms with Gasteiger partial charge in [-0.05, 0) is 69.1 Å². The van der Waals surface area contributed by atoms with Crippen LogP contribution in [0.1, 0.15) is 38.7 Å². The highest BCUT2D eigenvalue weighted by molar-refractivity contribution is 7.96. The second-order valence-electron chi connectivity index (χ2n) is 5.91. The molecule has 1 amide bonds. The summed E-state index contributed by atoms with van der Waals surface area (Å²) in [5.74, 6) is 0.903. The summed E-state index contributed by atoms with van der Waals surface area (Å²) in [7, 11) is 0. The molecule has 0 aromatic heterocycles. The third-order valence-corrected chi connectivity index (χ3v) is 4.67. The summed E-state index contributed by atoms with van der Waals surface area (Å²) in [5.41, 5.74) is 2.16. The smallest absolute Gasteiger partial charge is 0.282 e. The van der Waals surface area contributed by atoms with Gasteiger partial charge in [-0.3, -0.25) is 4.79 Å². The fraction of sp³-hybridized carbons (Fsp3) is 0.611. The van der Waals surface area contributed by atoms with Gasteiger partial charge in [0.25, 0.3) is 5.24 Å². The van der Waals surface area contributed by atoms with Gasteiger partial charge in [-0.15, -0.1) is 0 Å². The molecule has 5 heteroatoms. The number of carbonyl (C=O) groups is 1. The number of hydrogen-bond acceptors (Lipinski definition) is 3. The Morgan fingerprint density at radius 1 is 1.30 bits per heavy atom. The number of benzene rings is 1. The number of unbranched alkanes of at least 4 members (excludes halogenated alkanes) is 1. The largest absolute Gasteiger partial charge is 0.494 e. The first-order valence-corrected chi connectivity index (χ1v) is 9.09. The molecule has 0 bridgehead atoms. The van der Waals surface area contributed by atoms with Crippen molar-refractivity contribution in [1.29, 1.82) is 0 Å². The van der Waals surface area contributed by atoms with Crippen LogP contribution in [0.15, 0.2) is 18.2 Å². The SMILES string of the molecule is CCN(CC)CCCCOc1ccc2c(c1)CCCN2C(=O)S. The Hall–Kier alpha value is -1.20. The van der Waals surface area contributed by atoms with Crippen molar-refractivity contribution in [2.45, 2.75) is 39.5 Å². The van der Waals surface area contributed by atoms with Gasteiger partial charge < -0.3 is 14.5 Å². The van der Waals surface area contributed by atoms with Crippen molar-refractivity contribution in [2.24, 2.45) is 0 Å². The quantitative estimate of drug-likeness (QED) is 0.575. The van der Waals surface area contributed by atoms with E-state index in [1.165, 1.54) is 5.56 Å². The average molecular weight is 337 g/mol. The highest BCUT2D eigenvalue weighted by atomic mass is 32.1. The van der Waals surface area contributed by atoms with E-state index in [-0.39, 0.29) is 5.24 Å². The minimum atomic E-state index is -0.184. The third-order valence-electron chi connectivity index (χ3n) is 4.43. The molecule has 0 radical (unpaired) electrons. The van der Waals surface area contributed by atoms with E-state index in [0.717, 1.165) is 69.9 Å². The van der Waals surface area contributed by atoms with Crippen LogP contribution in [-0.4, -0.2) is 42.9 Å². The number of aryl methyl sites for hydroxylation is 1. The van der Waals surface area contributed by atoms with Crippen LogP contribution in [0.4, 0.5) is 10.5 Å². The van der Waals surface area contributed by atoms with E-state index < -0.39 is 0 Å². The average Bonchev–Trinajstić information content (AvgIpc) is 2.57. The predicted molar refractivity (Wildman–Crippen MR) is 99.0 cm³/mol. The van der Waals surface area contributed by atoms with Crippen LogP contribution in [-0.2, 0) is 6.42 Å². The molecule has 0 N–H and O–H groups in total. The molecule has 1 aliphatic heterocycles. The van der Waals surface area contributed by atoms with Crippen molar-refractivity contribution >= 4 is 23.6 Å². The summed E-state index contributed by atoms with van der Waals surface area (Å²) in [6, 6.07) is 6.01. The number of carbonyl (C=O) groups excluding carboxylic acids is 1. The van der Waals surface area contributed by atoms with Crippen LogP contribution < -0.4 is 9.64 Å². The fourth-order valence-electron chi connectivity index (χ4n) is 3.03. The molecular formula is C18H28N2O2S. The van der Waals surface area contributed by atoms with E-state index in [2.05, 4.69) is 37.4 Å². The van der Waals surface area contributed by atoms with Crippen LogP contribution in [0.5, 0.6) is 5.75 Å². The zero-order valence-corrected chi connectivity index (χ0v) is 15.1. The maximum absolute atomic E-state index is 11.5. The molecule has 2 rings (SSSR count). The summed E-state index contributed by atoms with van der Waals surface area (Å²) >= 11 is 3.96. The van der Waals surface area contributed by atoms with Crippen molar-refractivity contribution in [2.75, 3.05) is 37.7 Å². The van der Waals surface area contributed by atoms with Gasteiger partial charge in [0.1, 0.15) is 5.75 Å². The van der Waals surface area contributed by atoms with Crippen molar-refractivity contribution in [1.82, 2.24) is 4.90 Å². The molecule has 0 atom stereocenters. The van der Waals surface area contributed by atoms with Crippen LogP contribution >= 0.6 is 12.6 Å². The summed E-state index contributed by atoms with van der Waals surface area (Å²) in [6.45, 7) is 9.26. The van der Waals surface area contributed by atoms with E-state index in [4.69, 9.17) is 4.74 Å². The van der Waals surface area contributed by atoms with Gasteiger partial charge in [0, 0.05) is 12.2 Å². The summed E-state index contributed by atoms with van der Waals surface area (Å²) in [6.07, 6.45) is 4.20. The van der Waals surface area contributed by atoms with Crippen LogP contribution in [0.3, 0.4) is 0 Å². The molecule has 1 aliphatic rings. The predicted octanol–water partition coefficient (Wildman–Crippen LogP) is 3.99. The highest BCUT2D eigenvalue weighted by Crippen LogP contribution is 2.31. The molecule has 0 spiro atoms. The first-order chi connectivity index (χ1) is 11.2. The summed E-state index contributed by atoms with van der Waals surface area (Å²) in [4.78, 5) is 15.7. The lowest BCUT2D eigenvalue weighted by Crippen LogP contribution is -2.31. The van der Waals surface area contributed by atoms with Gasteiger partial charge >= 0.3 is 0 Å². The van der Waals surface area contributed by atoms with Crippen molar-refractivity contribution in [3.63, 3.8) is 0 Å². The standard InChI is InChI=1S/C18H28N2O2S/c1-3-19(4-2)11-5-6-13-22-16-9-10-17-15(14-16)8-7-12-20(17)18(21)23/h9-10,14H,3-8,11-13H2,1-2H3,(H,21,23). The number of amides is 1. The first-order valence-electron chi connectivity index (χ1n) is 8.64. The van der Waals surface area contributed by atoms with E-state index in [9.17, 15) is 4.79 Å². The van der Waals surface area contributed by atoms with E-state index in [1.807, 2.05) is 12.1 Å². The zero-order chi connectivity index (χ0) is 16.7. The minimum absolute atomic E-state index is 0.184. The monoisotopic (exact) mass is 336 g/mol. The van der Waals surface area contributed by atoms with E-state index >= 15 is 0 Å². The molecule has 0 aliphatic carbocycles. The van der Waals surface area contributed by atoms with E-state index in [1.54, 1.807) is 4.90 Å². The molecule has 4 nitrogen and oxygen atoms in total. The Kier molecular flexibility index (Phi) is 7.24. The molecule has 1 aromatic carbocycles. The van der Waals surface area contributed by atoms with Gasteiger partial charge in [-0.1, -0.05) is 26.5 Å². The second-order valence-corrected chi connectivity index (χ2v) is 6.29. The Bertz CT molecular complexity index is 518. The molecule has 128 valence electrons. The molecule has 0 saturated heterocycles. The Morgan fingerprint density at radius 3 is 2.78 bits per heavy atom. The number of fused-ring (bicyclic) bond motifs is 1. The second kappa shape index (κ2) is 9.18. The number of ether oxygens (including phenoxy) is 1. The van der Waals surface area contributed by atoms with Gasteiger partial charge in [-0.2, -0.15) is 0 Å². The Labute approximate surface area is 145 Å². The number of rotatable bonds is 8. The molecule has 0 fully saturated rings. The van der Waals surface area contributed by atoms with Gasteiger partial charge in [0.2, 0.25) is 0 Å². The zero-order valence-electron chi connectivity index (χ0n) is 14.3. The summed E-state index contributed by atoms with van der Waals surface area (Å²) in [5, 5.41) is -0.184. The molecule has 0 saturated carbocycles. The molecule has 1 heterocycles. The van der Waals surface area contributed by atoms with Gasteiger partial charge in [0.05, 0.1) is 6.61 Å². The summed E-state index contributed by atoms with van der Waals surface area (Å²) < 4.78 is 5.88. The maximum atomic E-state index is 11.5. The number of hydrogen-bond donors (Lipinski definition) is 1. The number of thiol groups is 1. The lowest BCUT2D eigenvalue weighted by molar-refractivity contribution is 0.264. The third kappa shape index (κ3) is 5.15. The van der Waals surface area contributed by atoms with E-state index in [0.29, 0.717) is 0 Å². The molecule has 1 aromatic rings. The van der Waals surface area contributed by atoms with Gasteiger partial charge in [-0.25, -0.2) is 0 Å². The number of anilines is 1. The number of nitrogens with zero attached hydrogens (tertiary/aromatic N) is 2. The Morgan fingerprint density at radius 2 is 2.09 bits per heavy atom. The molecular weight excluding hydrogens is 308 g/mol. The molecule has 23 heavy (non-hydrogen) atoms. The van der Waals surface area contributed by atoms with Crippen molar-refractivity contribution in [3.8, 4) is 5.75 Å². The minimum Gasteiger partial charge on any atom is -0.494 e. The Balaban J connectivity index is 1.82. The van der Waals surface area contributed by atoms with Gasteiger partial charge in [0.15, 0.2) is 0 Å². The molecule has 0 unspecified atom stereocenters. The normalized spacial score (nSPS) is 14.0. The van der Waals surface area contributed by atoms with Crippen molar-refractivity contribution < 1.29 is 9.53 Å². The van der Waals surface area contributed by atoms with Crippen LogP contribution in [0.2, 0.25) is 0 Å². The fourth-order valence-corrected chi connectivity index (χ4v) is 3.24.